The number of nitrogens with zero attached hydrogens (tertiary/aromatic N) is 8. The van der Waals surface area contributed by atoms with Gasteiger partial charge in [-0.2, -0.15) is 14.9 Å². The number of hydrogen-bond donors (Lipinski definition) is 0. The molecule has 0 atom stereocenters. The third-order valence-corrected chi connectivity index (χ3v) is 5.33. The van der Waals surface area contributed by atoms with Crippen LogP contribution in [0.4, 0.5) is 11.4 Å². The van der Waals surface area contributed by atoms with E-state index in [2.05, 4.69) is 64.3 Å². The number of rotatable bonds is 5. The SMILES string of the molecule is CCN(CC)c1ccc(/N=C2/C(C)=Nn3c2nnc3-c2cc(C)n(C)n2)c(C)c1. The standard InChI is InChI=1S/C21H26N8/c1-7-28(8-2)16-9-10-17(13(3)11-16)22-19-15(5)25-29-20(23-24-21(19)29)18-12-14(4)27(6)26-18/h9-12H,7-8H2,1-6H3/b22-19-. The molecule has 0 radical (unpaired) electrons. The van der Waals surface area contributed by atoms with E-state index in [1.54, 1.807) is 4.68 Å². The van der Waals surface area contributed by atoms with Crippen LogP contribution in [0.2, 0.25) is 0 Å². The summed E-state index contributed by atoms with van der Waals surface area (Å²) in [6, 6.07) is 8.34. The average molecular weight is 390 g/mol. The molecular weight excluding hydrogens is 364 g/mol. The molecule has 1 aromatic carbocycles. The molecule has 2 aromatic heterocycles. The van der Waals surface area contributed by atoms with Gasteiger partial charge in [-0.05, 0) is 64.4 Å². The molecule has 3 aromatic rings. The third-order valence-electron chi connectivity index (χ3n) is 5.33. The summed E-state index contributed by atoms with van der Waals surface area (Å²) in [4.78, 5) is 7.20. The van der Waals surface area contributed by atoms with Crippen molar-refractivity contribution >= 4 is 22.8 Å². The van der Waals surface area contributed by atoms with E-state index in [0.29, 0.717) is 11.6 Å². The van der Waals surface area contributed by atoms with Crippen molar-refractivity contribution < 1.29 is 0 Å². The molecule has 0 fully saturated rings. The smallest absolute Gasteiger partial charge is 0.205 e. The van der Waals surface area contributed by atoms with E-state index in [9.17, 15) is 0 Å². The summed E-state index contributed by atoms with van der Waals surface area (Å²) in [5.41, 5.74) is 6.61. The van der Waals surface area contributed by atoms with Crippen LogP contribution in [0.3, 0.4) is 0 Å². The zero-order valence-electron chi connectivity index (χ0n) is 17.8. The highest BCUT2D eigenvalue weighted by Crippen LogP contribution is 2.28. The van der Waals surface area contributed by atoms with Gasteiger partial charge in [0.1, 0.15) is 11.4 Å². The fraction of sp³-hybridized carbons (Fsp3) is 0.381. The highest BCUT2D eigenvalue weighted by Gasteiger charge is 2.27. The predicted molar refractivity (Wildman–Crippen MR) is 116 cm³/mol. The molecule has 8 nitrogen and oxygen atoms in total. The molecule has 150 valence electrons. The molecule has 0 saturated carbocycles. The molecule has 0 unspecified atom stereocenters. The Hall–Kier alpha value is -3.29. The van der Waals surface area contributed by atoms with Crippen LogP contribution in [-0.4, -0.2) is 49.2 Å². The Labute approximate surface area is 170 Å². The predicted octanol–water partition coefficient (Wildman–Crippen LogP) is 3.50. The average Bonchev–Trinajstić information content (AvgIpc) is 3.33. The third kappa shape index (κ3) is 3.24. The largest absolute Gasteiger partial charge is 0.372 e. The van der Waals surface area contributed by atoms with Crippen molar-refractivity contribution in [2.24, 2.45) is 17.1 Å². The molecule has 0 N–H and O–H groups in total. The van der Waals surface area contributed by atoms with E-state index in [-0.39, 0.29) is 0 Å². The number of aromatic nitrogens is 5. The van der Waals surface area contributed by atoms with Gasteiger partial charge in [0.25, 0.3) is 0 Å². The van der Waals surface area contributed by atoms with Gasteiger partial charge in [-0.3, -0.25) is 4.68 Å². The minimum atomic E-state index is 0.627. The van der Waals surface area contributed by atoms with E-state index < -0.39 is 0 Å². The van der Waals surface area contributed by atoms with E-state index in [1.165, 1.54) is 5.69 Å². The van der Waals surface area contributed by atoms with E-state index >= 15 is 0 Å². The number of benzene rings is 1. The van der Waals surface area contributed by atoms with Crippen LogP contribution < -0.4 is 4.90 Å². The lowest BCUT2D eigenvalue weighted by Crippen LogP contribution is -2.21. The number of aliphatic imine (C=N–C) groups is 1. The highest BCUT2D eigenvalue weighted by atomic mass is 15.5. The van der Waals surface area contributed by atoms with Crippen molar-refractivity contribution in [2.45, 2.75) is 34.6 Å². The first-order valence-electron chi connectivity index (χ1n) is 9.90. The molecule has 8 heteroatoms. The summed E-state index contributed by atoms with van der Waals surface area (Å²) in [6.07, 6.45) is 0. The minimum Gasteiger partial charge on any atom is -0.372 e. The Morgan fingerprint density at radius 2 is 1.72 bits per heavy atom. The minimum absolute atomic E-state index is 0.627. The molecule has 3 heterocycles. The van der Waals surface area contributed by atoms with Gasteiger partial charge in [-0.1, -0.05) is 0 Å². The Morgan fingerprint density at radius 1 is 1.00 bits per heavy atom. The summed E-state index contributed by atoms with van der Waals surface area (Å²) >= 11 is 0. The maximum absolute atomic E-state index is 4.88. The Kier molecular flexibility index (Phi) is 4.77. The van der Waals surface area contributed by atoms with Crippen LogP contribution in [0.5, 0.6) is 0 Å². The summed E-state index contributed by atoms with van der Waals surface area (Å²) in [5, 5.41) is 17.8. The molecule has 0 saturated heterocycles. The number of anilines is 1. The first-order chi connectivity index (χ1) is 13.9. The second-order valence-electron chi connectivity index (χ2n) is 7.24. The Balaban J connectivity index is 1.72. The molecule has 0 bridgehead atoms. The lowest BCUT2D eigenvalue weighted by molar-refractivity contribution is 0.738. The number of fused-ring (bicyclic) bond motifs is 1. The van der Waals surface area contributed by atoms with Crippen molar-refractivity contribution in [3.63, 3.8) is 0 Å². The Bertz CT molecular complexity index is 1110. The molecule has 1 aliphatic rings. The quantitative estimate of drug-likeness (QED) is 0.668. The highest BCUT2D eigenvalue weighted by molar-refractivity contribution is 6.48. The van der Waals surface area contributed by atoms with Gasteiger partial charge in [-0.15, -0.1) is 10.2 Å². The van der Waals surface area contributed by atoms with Gasteiger partial charge in [0, 0.05) is 31.5 Å². The molecule has 29 heavy (non-hydrogen) atoms. The van der Waals surface area contributed by atoms with Crippen molar-refractivity contribution in [3.8, 4) is 11.5 Å². The monoisotopic (exact) mass is 390 g/mol. The molecular formula is C21H26N8. The van der Waals surface area contributed by atoms with Gasteiger partial charge in [0.05, 0.1) is 11.4 Å². The van der Waals surface area contributed by atoms with Crippen molar-refractivity contribution in [3.05, 3.63) is 41.3 Å². The van der Waals surface area contributed by atoms with Crippen molar-refractivity contribution in [2.75, 3.05) is 18.0 Å². The van der Waals surface area contributed by atoms with Crippen LogP contribution >= 0.6 is 0 Å². The summed E-state index contributed by atoms with van der Waals surface area (Å²) < 4.78 is 3.55. The lowest BCUT2D eigenvalue weighted by atomic mass is 10.1. The zero-order chi connectivity index (χ0) is 20.7. The van der Waals surface area contributed by atoms with Gasteiger partial charge in [0.2, 0.25) is 11.6 Å². The van der Waals surface area contributed by atoms with Gasteiger partial charge in [-0.25, -0.2) is 4.99 Å². The summed E-state index contributed by atoms with van der Waals surface area (Å²) in [6.45, 7) is 12.3. The van der Waals surface area contributed by atoms with Crippen LogP contribution in [-0.2, 0) is 7.05 Å². The topological polar surface area (TPSA) is 76.5 Å². The van der Waals surface area contributed by atoms with Crippen molar-refractivity contribution in [1.29, 1.82) is 0 Å². The lowest BCUT2D eigenvalue weighted by Gasteiger charge is -2.21. The first-order valence-corrected chi connectivity index (χ1v) is 9.90. The number of aryl methyl sites for hydroxylation is 3. The van der Waals surface area contributed by atoms with Crippen LogP contribution in [0, 0.1) is 13.8 Å². The zero-order valence-corrected chi connectivity index (χ0v) is 17.8. The van der Waals surface area contributed by atoms with Gasteiger partial charge >= 0.3 is 0 Å². The van der Waals surface area contributed by atoms with Crippen molar-refractivity contribution in [1.82, 2.24) is 24.7 Å². The first kappa shape index (κ1) is 19.0. The maximum atomic E-state index is 4.88. The molecule has 4 rings (SSSR count). The fourth-order valence-electron chi connectivity index (χ4n) is 3.51. The van der Waals surface area contributed by atoms with Crippen LogP contribution in [0.25, 0.3) is 11.5 Å². The fourth-order valence-corrected chi connectivity index (χ4v) is 3.51. The van der Waals surface area contributed by atoms with Gasteiger partial charge in [0.15, 0.2) is 0 Å². The van der Waals surface area contributed by atoms with E-state index in [0.717, 1.165) is 47.2 Å². The van der Waals surface area contributed by atoms with E-state index in [4.69, 9.17) is 4.99 Å². The summed E-state index contributed by atoms with van der Waals surface area (Å²) in [5.74, 6) is 1.27. The molecule has 0 aliphatic carbocycles. The molecule has 0 spiro atoms. The Morgan fingerprint density at radius 3 is 2.34 bits per heavy atom. The molecule has 1 aliphatic heterocycles. The van der Waals surface area contributed by atoms with Gasteiger partial charge < -0.3 is 4.90 Å². The second-order valence-corrected chi connectivity index (χ2v) is 7.24. The normalized spacial score (nSPS) is 14.4. The number of hydrogen-bond acceptors (Lipinski definition) is 6. The van der Waals surface area contributed by atoms with E-state index in [1.807, 2.05) is 31.6 Å². The molecule has 0 amide bonds. The summed E-state index contributed by atoms with van der Waals surface area (Å²) in [7, 11) is 1.91. The second kappa shape index (κ2) is 7.27. The van der Waals surface area contributed by atoms with Crippen LogP contribution in [0.1, 0.15) is 37.9 Å². The maximum Gasteiger partial charge on any atom is 0.205 e. The van der Waals surface area contributed by atoms with Crippen LogP contribution in [0.15, 0.2) is 34.4 Å².